The number of amides is 1. The van der Waals surface area contributed by atoms with Crippen molar-refractivity contribution in [2.24, 2.45) is 0 Å². The van der Waals surface area contributed by atoms with Crippen molar-refractivity contribution in [3.63, 3.8) is 0 Å². The van der Waals surface area contributed by atoms with Crippen molar-refractivity contribution in [1.29, 1.82) is 0 Å². The molecule has 2 N–H and O–H groups in total. The SMILES string of the molecule is Cc1cncc(NC(=O)c2cn(CC(=O)O)nn2)c1. The average Bonchev–Trinajstić information content (AvgIpc) is 2.76. The van der Waals surface area contributed by atoms with Crippen LogP contribution < -0.4 is 5.32 Å². The summed E-state index contributed by atoms with van der Waals surface area (Å²) in [6, 6.07) is 1.76. The van der Waals surface area contributed by atoms with E-state index in [1.54, 1.807) is 12.3 Å². The minimum absolute atomic E-state index is 0.0442. The van der Waals surface area contributed by atoms with Crippen molar-refractivity contribution in [3.8, 4) is 0 Å². The summed E-state index contributed by atoms with van der Waals surface area (Å²) in [6.45, 7) is 1.51. The Labute approximate surface area is 108 Å². The first-order chi connectivity index (χ1) is 9.04. The quantitative estimate of drug-likeness (QED) is 0.820. The zero-order valence-electron chi connectivity index (χ0n) is 10.1. The average molecular weight is 261 g/mol. The van der Waals surface area contributed by atoms with E-state index >= 15 is 0 Å². The Hall–Kier alpha value is -2.77. The van der Waals surface area contributed by atoms with Crippen LogP contribution in [0.5, 0.6) is 0 Å². The molecule has 2 aromatic rings. The first-order valence-corrected chi connectivity index (χ1v) is 5.39. The molecule has 0 aliphatic rings. The van der Waals surface area contributed by atoms with Gasteiger partial charge in [-0.25, -0.2) is 4.68 Å². The highest BCUT2D eigenvalue weighted by Crippen LogP contribution is 2.08. The van der Waals surface area contributed by atoms with Crippen LogP contribution >= 0.6 is 0 Å². The smallest absolute Gasteiger partial charge is 0.325 e. The van der Waals surface area contributed by atoms with Gasteiger partial charge in [0.25, 0.3) is 5.91 Å². The number of carbonyl (C=O) groups is 2. The lowest BCUT2D eigenvalue weighted by atomic mass is 10.3. The number of aryl methyl sites for hydroxylation is 1. The van der Waals surface area contributed by atoms with Crippen LogP contribution in [0.3, 0.4) is 0 Å². The molecule has 8 heteroatoms. The number of carboxylic acid groups (broad SMARTS) is 1. The van der Waals surface area contributed by atoms with Gasteiger partial charge in [0, 0.05) is 6.20 Å². The van der Waals surface area contributed by atoms with Gasteiger partial charge in [-0.05, 0) is 18.6 Å². The number of hydrogen-bond acceptors (Lipinski definition) is 5. The van der Waals surface area contributed by atoms with E-state index in [-0.39, 0.29) is 12.2 Å². The molecule has 0 fully saturated rings. The molecule has 2 aromatic heterocycles. The summed E-state index contributed by atoms with van der Waals surface area (Å²) in [5, 5.41) is 18.3. The lowest BCUT2D eigenvalue weighted by Gasteiger charge is -2.02. The minimum atomic E-state index is -1.06. The normalized spacial score (nSPS) is 10.2. The second-order valence-electron chi connectivity index (χ2n) is 3.90. The number of hydrogen-bond donors (Lipinski definition) is 2. The maximum atomic E-state index is 11.8. The van der Waals surface area contributed by atoms with Crippen molar-refractivity contribution in [2.45, 2.75) is 13.5 Å². The van der Waals surface area contributed by atoms with Gasteiger partial charge in [-0.2, -0.15) is 0 Å². The highest BCUT2D eigenvalue weighted by molar-refractivity contribution is 6.02. The van der Waals surface area contributed by atoms with Crippen molar-refractivity contribution < 1.29 is 14.7 Å². The molecule has 0 radical (unpaired) electrons. The molecule has 1 amide bonds. The van der Waals surface area contributed by atoms with Crippen molar-refractivity contribution in [3.05, 3.63) is 35.9 Å². The van der Waals surface area contributed by atoms with E-state index in [1.807, 2.05) is 6.92 Å². The van der Waals surface area contributed by atoms with E-state index in [0.29, 0.717) is 5.69 Å². The molecule has 0 saturated carbocycles. The van der Waals surface area contributed by atoms with Gasteiger partial charge in [-0.1, -0.05) is 5.21 Å². The fourth-order valence-electron chi connectivity index (χ4n) is 1.44. The lowest BCUT2D eigenvalue weighted by Crippen LogP contribution is -2.13. The minimum Gasteiger partial charge on any atom is -0.480 e. The van der Waals surface area contributed by atoms with Gasteiger partial charge in [0.05, 0.1) is 18.1 Å². The molecule has 0 unspecified atom stereocenters. The van der Waals surface area contributed by atoms with E-state index in [4.69, 9.17) is 5.11 Å². The van der Waals surface area contributed by atoms with Gasteiger partial charge in [-0.15, -0.1) is 5.10 Å². The van der Waals surface area contributed by atoms with Crippen LogP contribution in [0.15, 0.2) is 24.7 Å². The summed E-state index contributed by atoms with van der Waals surface area (Å²) in [5.41, 5.74) is 1.49. The van der Waals surface area contributed by atoms with Gasteiger partial charge >= 0.3 is 5.97 Å². The zero-order valence-corrected chi connectivity index (χ0v) is 10.1. The van der Waals surface area contributed by atoms with Crippen molar-refractivity contribution >= 4 is 17.6 Å². The predicted molar refractivity (Wildman–Crippen MR) is 64.6 cm³/mol. The molecule has 19 heavy (non-hydrogen) atoms. The summed E-state index contributed by atoms with van der Waals surface area (Å²) in [6.07, 6.45) is 4.44. The third-order valence-corrected chi connectivity index (χ3v) is 2.20. The number of rotatable bonds is 4. The number of aromatic nitrogens is 4. The molecule has 0 saturated heterocycles. The van der Waals surface area contributed by atoms with Crippen LogP contribution in [0.25, 0.3) is 0 Å². The Bertz CT molecular complexity index is 622. The highest BCUT2D eigenvalue weighted by atomic mass is 16.4. The number of nitrogens with zero attached hydrogens (tertiary/aromatic N) is 4. The maximum absolute atomic E-state index is 11.8. The summed E-state index contributed by atoms with van der Waals surface area (Å²) in [7, 11) is 0. The Kier molecular flexibility index (Phi) is 3.51. The number of pyridine rings is 1. The first kappa shape index (κ1) is 12.7. The second kappa shape index (κ2) is 5.25. The summed E-state index contributed by atoms with van der Waals surface area (Å²) in [4.78, 5) is 26.2. The molecular formula is C11H11N5O3. The van der Waals surface area contributed by atoms with Crippen LogP contribution in [0.2, 0.25) is 0 Å². The fourth-order valence-corrected chi connectivity index (χ4v) is 1.44. The third kappa shape index (κ3) is 3.35. The van der Waals surface area contributed by atoms with E-state index in [2.05, 4.69) is 20.6 Å². The topological polar surface area (TPSA) is 110 Å². The molecule has 0 spiro atoms. The van der Waals surface area contributed by atoms with E-state index in [9.17, 15) is 9.59 Å². The van der Waals surface area contributed by atoms with Gasteiger partial charge in [0.2, 0.25) is 0 Å². The first-order valence-electron chi connectivity index (χ1n) is 5.39. The standard InChI is InChI=1S/C11H11N5O3/c1-7-2-8(4-12-3-7)13-11(19)9-5-16(15-14-9)6-10(17)18/h2-5H,6H2,1H3,(H,13,19)(H,17,18). The predicted octanol–water partition coefficient (Wildman–Crippen LogP) is 0.318. The third-order valence-electron chi connectivity index (χ3n) is 2.20. The Morgan fingerprint density at radius 3 is 2.89 bits per heavy atom. The summed E-state index contributed by atoms with van der Waals surface area (Å²) < 4.78 is 1.08. The van der Waals surface area contributed by atoms with Gasteiger partial charge < -0.3 is 10.4 Å². The number of carboxylic acids is 1. The second-order valence-corrected chi connectivity index (χ2v) is 3.90. The summed E-state index contributed by atoms with van der Waals surface area (Å²) in [5.74, 6) is -1.52. The molecule has 2 rings (SSSR count). The Morgan fingerprint density at radius 2 is 2.21 bits per heavy atom. The van der Waals surface area contributed by atoms with Gasteiger partial charge in [0.1, 0.15) is 6.54 Å². The number of aliphatic carboxylic acids is 1. The Balaban J connectivity index is 2.07. The van der Waals surface area contributed by atoms with E-state index in [1.165, 1.54) is 12.4 Å². The van der Waals surface area contributed by atoms with Crippen LogP contribution in [-0.2, 0) is 11.3 Å². The van der Waals surface area contributed by atoms with Crippen LogP contribution in [0, 0.1) is 6.92 Å². The molecular weight excluding hydrogens is 250 g/mol. The monoisotopic (exact) mass is 261 g/mol. The van der Waals surface area contributed by atoms with Gasteiger partial charge in [0.15, 0.2) is 5.69 Å². The van der Waals surface area contributed by atoms with Crippen molar-refractivity contribution in [1.82, 2.24) is 20.0 Å². The molecule has 0 aliphatic heterocycles. The van der Waals surface area contributed by atoms with Gasteiger partial charge in [-0.3, -0.25) is 14.6 Å². The van der Waals surface area contributed by atoms with Crippen molar-refractivity contribution in [2.75, 3.05) is 5.32 Å². The maximum Gasteiger partial charge on any atom is 0.325 e. The molecule has 0 aromatic carbocycles. The molecule has 0 bridgehead atoms. The number of nitrogens with one attached hydrogen (secondary N) is 1. The number of carbonyl (C=O) groups excluding carboxylic acids is 1. The molecule has 0 aliphatic carbocycles. The molecule has 8 nitrogen and oxygen atoms in total. The largest absolute Gasteiger partial charge is 0.480 e. The lowest BCUT2D eigenvalue weighted by molar-refractivity contribution is -0.137. The van der Waals surface area contributed by atoms with E-state index in [0.717, 1.165) is 10.2 Å². The highest BCUT2D eigenvalue weighted by Gasteiger charge is 2.12. The van der Waals surface area contributed by atoms with E-state index < -0.39 is 11.9 Å². The van der Waals surface area contributed by atoms with Crippen LogP contribution in [0.1, 0.15) is 16.1 Å². The van der Waals surface area contributed by atoms with Crippen LogP contribution in [-0.4, -0.2) is 37.0 Å². The molecule has 0 atom stereocenters. The zero-order chi connectivity index (χ0) is 13.8. The number of anilines is 1. The summed E-state index contributed by atoms with van der Waals surface area (Å²) >= 11 is 0. The Morgan fingerprint density at radius 1 is 1.42 bits per heavy atom. The van der Waals surface area contributed by atoms with Crippen LogP contribution in [0.4, 0.5) is 5.69 Å². The molecule has 98 valence electrons. The molecule has 2 heterocycles. The fraction of sp³-hybridized carbons (Fsp3) is 0.182.